The van der Waals surface area contributed by atoms with Gasteiger partial charge in [0.1, 0.15) is 0 Å². The lowest BCUT2D eigenvalue weighted by atomic mass is 9.89. The maximum Gasteiger partial charge on any atom is -0.0417 e. The van der Waals surface area contributed by atoms with Crippen LogP contribution in [0.4, 0.5) is 0 Å². The molecule has 0 fully saturated rings. The fourth-order valence-electron chi connectivity index (χ4n) is 1.58. The molecule has 0 aromatic carbocycles. The second kappa shape index (κ2) is 22.2. The predicted octanol–water partition coefficient (Wildman–Crippen LogP) is 7.47. The number of hydrogen-bond acceptors (Lipinski definition) is 0. The van der Waals surface area contributed by atoms with E-state index in [1.165, 1.54) is 51.4 Å². The van der Waals surface area contributed by atoms with Crippen molar-refractivity contribution in [2.75, 3.05) is 0 Å². The van der Waals surface area contributed by atoms with Crippen LogP contribution in [-0.4, -0.2) is 0 Å². The molecule has 114 valence electrons. The van der Waals surface area contributed by atoms with Gasteiger partial charge in [-0.2, -0.15) is 0 Å². The summed E-state index contributed by atoms with van der Waals surface area (Å²) < 4.78 is 0. The molecular formula is C18H42. The first-order valence-corrected chi connectivity index (χ1v) is 8.63. The average Bonchev–Trinajstić information content (AvgIpc) is 2.44. The molecule has 0 heterocycles. The van der Waals surface area contributed by atoms with Crippen molar-refractivity contribution in [3.8, 4) is 0 Å². The Morgan fingerprint density at radius 3 is 1.44 bits per heavy atom. The van der Waals surface area contributed by atoms with E-state index in [2.05, 4.69) is 41.5 Å². The van der Waals surface area contributed by atoms with E-state index in [-0.39, 0.29) is 0 Å². The molecular weight excluding hydrogens is 216 g/mol. The quantitative estimate of drug-likeness (QED) is 0.396. The molecule has 0 saturated carbocycles. The van der Waals surface area contributed by atoms with Crippen LogP contribution in [0.5, 0.6) is 0 Å². The van der Waals surface area contributed by atoms with E-state index in [4.69, 9.17) is 0 Å². The molecule has 0 saturated heterocycles. The van der Waals surface area contributed by atoms with Gasteiger partial charge < -0.3 is 0 Å². The Bertz CT molecular complexity index is 105. The highest BCUT2D eigenvalue weighted by atomic mass is 14.1. The Morgan fingerprint density at radius 1 is 0.611 bits per heavy atom. The minimum Gasteiger partial charge on any atom is -0.0683 e. The fraction of sp³-hybridized carbons (Fsp3) is 1.00. The fourth-order valence-corrected chi connectivity index (χ4v) is 1.58. The van der Waals surface area contributed by atoms with Crippen LogP contribution in [-0.2, 0) is 0 Å². The molecule has 0 amide bonds. The number of unbranched alkanes of at least 4 members (excludes halogenated alkanes) is 4. The molecule has 2 atom stereocenters. The summed E-state index contributed by atoms with van der Waals surface area (Å²) in [5.41, 5.74) is 0. The first-order chi connectivity index (χ1) is 8.63. The molecule has 0 aromatic rings. The normalized spacial score (nSPS) is 12.7. The lowest BCUT2D eigenvalue weighted by Crippen LogP contribution is -2.06. The van der Waals surface area contributed by atoms with Crippen molar-refractivity contribution in [1.82, 2.24) is 0 Å². The maximum absolute atomic E-state index is 2.40. The molecule has 0 bridgehead atoms. The maximum atomic E-state index is 2.40. The lowest BCUT2D eigenvalue weighted by Gasteiger charge is -2.17. The minimum absolute atomic E-state index is 0.923. The van der Waals surface area contributed by atoms with Crippen molar-refractivity contribution >= 4 is 0 Å². The Morgan fingerprint density at radius 2 is 1.11 bits per heavy atom. The third kappa shape index (κ3) is 21.3. The van der Waals surface area contributed by atoms with E-state index < -0.39 is 0 Å². The summed E-state index contributed by atoms with van der Waals surface area (Å²) in [5.74, 6) is 1.86. The van der Waals surface area contributed by atoms with Gasteiger partial charge in [-0.05, 0) is 11.8 Å². The molecule has 0 heteroatoms. The van der Waals surface area contributed by atoms with Gasteiger partial charge in [-0.3, -0.25) is 0 Å². The van der Waals surface area contributed by atoms with Gasteiger partial charge in [0.25, 0.3) is 0 Å². The smallest absolute Gasteiger partial charge is 0.0417 e. The molecule has 0 nitrogen and oxygen atoms in total. The molecule has 2 unspecified atom stereocenters. The molecule has 0 spiro atoms. The Kier molecular flexibility index (Phi) is 28.5. The van der Waals surface area contributed by atoms with Crippen molar-refractivity contribution < 1.29 is 0 Å². The van der Waals surface area contributed by atoms with Crippen LogP contribution in [0.25, 0.3) is 0 Å². The second-order valence-electron chi connectivity index (χ2n) is 5.21. The molecule has 0 radical (unpaired) electrons. The van der Waals surface area contributed by atoms with E-state index in [0.29, 0.717) is 0 Å². The lowest BCUT2D eigenvalue weighted by molar-refractivity contribution is 0.343. The van der Waals surface area contributed by atoms with Crippen molar-refractivity contribution in [1.29, 1.82) is 0 Å². The van der Waals surface area contributed by atoms with E-state index >= 15 is 0 Å². The van der Waals surface area contributed by atoms with Crippen LogP contribution >= 0.6 is 0 Å². The SMILES string of the molecule is CC.CCCC.CCCCCCC(C)C(C)CC. The molecule has 0 aliphatic heterocycles. The van der Waals surface area contributed by atoms with E-state index in [1.807, 2.05) is 13.8 Å². The summed E-state index contributed by atoms with van der Waals surface area (Å²) in [6.45, 7) is 17.7. The number of hydrogen-bond donors (Lipinski definition) is 0. The van der Waals surface area contributed by atoms with E-state index in [9.17, 15) is 0 Å². The largest absolute Gasteiger partial charge is 0.0683 e. The molecule has 0 N–H and O–H groups in total. The summed E-state index contributed by atoms with van der Waals surface area (Å²) in [6.07, 6.45) is 11.1. The average molecular weight is 259 g/mol. The summed E-state index contributed by atoms with van der Waals surface area (Å²) >= 11 is 0. The van der Waals surface area contributed by atoms with Gasteiger partial charge in [0.2, 0.25) is 0 Å². The standard InChI is InChI=1S/C12H26.C4H10.C2H6/c1-5-7-8-9-10-12(4)11(3)6-2;1-3-4-2;1-2/h11-12H,5-10H2,1-4H3;3-4H2,1-2H3;1-2H3. The zero-order chi connectivity index (χ0) is 14.8. The predicted molar refractivity (Wildman–Crippen MR) is 89.3 cm³/mol. The zero-order valence-electron chi connectivity index (χ0n) is 14.8. The van der Waals surface area contributed by atoms with Crippen LogP contribution in [0, 0.1) is 11.8 Å². The third-order valence-corrected chi connectivity index (χ3v) is 3.63. The summed E-state index contributed by atoms with van der Waals surface area (Å²) in [5, 5.41) is 0. The van der Waals surface area contributed by atoms with Gasteiger partial charge in [0, 0.05) is 0 Å². The highest BCUT2D eigenvalue weighted by Gasteiger charge is 2.08. The van der Waals surface area contributed by atoms with E-state index in [1.54, 1.807) is 0 Å². The molecule has 0 aliphatic carbocycles. The third-order valence-electron chi connectivity index (χ3n) is 3.63. The van der Waals surface area contributed by atoms with Crippen LogP contribution in [0.3, 0.4) is 0 Å². The van der Waals surface area contributed by atoms with Crippen molar-refractivity contribution in [2.45, 2.75) is 107 Å². The Labute approximate surface area is 119 Å². The Balaban J connectivity index is -0.000000317. The van der Waals surface area contributed by atoms with Crippen molar-refractivity contribution in [3.63, 3.8) is 0 Å². The van der Waals surface area contributed by atoms with Crippen LogP contribution in [0.2, 0.25) is 0 Å². The van der Waals surface area contributed by atoms with Gasteiger partial charge in [-0.15, -0.1) is 0 Å². The topological polar surface area (TPSA) is 0 Å². The van der Waals surface area contributed by atoms with E-state index in [0.717, 1.165) is 11.8 Å². The van der Waals surface area contributed by atoms with Gasteiger partial charge in [0.05, 0.1) is 0 Å². The zero-order valence-corrected chi connectivity index (χ0v) is 14.8. The monoisotopic (exact) mass is 258 g/mol. The highest BCUT2D eigenvalue weighted by Crippen LogP contribution is 2.20. The molecule has 0 aliphatic rings. The molecule has 0 aromatic heterocycles. The summed E-state index contributed by atoms with van der Waals surface area (Å²) in [4.78, 5) is 0. The molecule has 0 rings (SSSR count). The van der Waals surface area contributed by atoms with Crippen LogP contribution < -0.4 is 0 Å². The summed E-state index contributed by atoms with van der Waals surface area (Å²) in [6, 6.07) is 0. The number of rotatable bonds is 8. The van der Waals surface area contributed by atoms with Crippen molar-refractivity contribution in [3.05, 3.63) is 0 Å². The van der Waals surface area contributed by atoms with Gasteiger partial charge in [0.15, 0.2) is 0 Å². The second-order valence-corrected chi connectivity index (χ2v) is 5.21. The van der Waals surface area contributed by atoms with Crippen LogP contribution in [0.15, 0.2) is 0 Å². The van der Waals surface area contributed by atoms with Gasteiger partial charge >= 0.3 is 0 Å². The Hall–Kier alpha value is 0. The summed E-state index contributed by atoms with van der Waals surface area (Å²) in [7, 11) is 0. The van der Waals surface area contributed by atoms with Gasteiger partial charge in [-0.25, -0.2) is 0 Å². The van der Waals surface area contributed by atoms with Crippen LogP contribution in [0.1, 0.15) is 107 Å². The first-order valence-electron chi connectivity index (χ1n) is 8.63. The van der Waals surface area contributed by atoms with Crippen molar-refractivity contribution in [2.24, 2.45) is 11.8 Å². The first kappa shape index (κ1) is 23.1. The molecule has 18 heavy (non-hydrogen) atoms. The minimum atomic E-state index is 0.923. The highest BCUT2D eigenvalue weighted by molar-refractivity contribution is 4.60. The van der Waals surface area contributed by atoms with Gasteiger partial charge in [-0.1, -0.05) is 107 Å².